The lowest BCUT2D eigenvalue weighted by atomic mass is 10.4. The van der Waals surface area contributed by atoms with Crippen molar-refractivity contribution in [1.29, 1.82) is 0 Å². The molecule has 0 bridgehead atoms. The Morgan fingerprint density at radius 2 is 2.70 bits per heavy atom. The predicted molar refractivity (Wildman–Crippen MR) is 37.1 cm³/mol. The molecule has 0 aliphatic heterocycles. The van der Waals surface area contributed by atoms with Gasteiger partial charge in [-0.25, -0.2) is 4.98 Å². The van der Waals surface area contributed by atoms with Crippen LogP contribution in [0.15, 0.2) is 24.5 Å². The average molecular weight is 135 g/mol. The number of rotatable bonds is 3. The normalized spacial score (nSPS) is 10.4. The Balaban J connectivity index is 2.41. The van der Waals surface area contributed by atoms with Crippen LogP contribution in [-0.2, 0) is 11.2 Å². The van der Waals surface area contributed by atoms with Gasteiger partial charge in [-0.1, -0.05) is 6.08 Å². The topological polar surface area (TPSA) is 45.8 Å². The zero-order valence-electron chi connectivity index (χ0n) is 5.37. The van der Waals surface area contributed by atoms with Crippen LogP contribution in [0.1, 0.15) is 5.82 Å². The van der Waals surface area contributed by atoms with Crippen LogP contribution in [0.5, 0.6) is 0 Å². The highest BCUT2D eigenvalue weighted by Gasteiger charge is 1.86. The molecule has 0 aliphatic carbocycles. The summed E-state index contributed by atoms with van der Waals surface area (Å²) in [4.78, 5) is 16.5. The Bertz CT molecular complexity index is 214. The zero-order valence-corrected chi connectivity index (χ0v) is 5.37. The van der Waals surface area contributed by atoms with E-state index >= 15 is 0 Å². The first-order valence-electron chi connectivity index (χ1n) is 2.94. The first kappa shape index (κ1) is 6.74. The minimum absolute atomic E-state index is 0.655. The summed E-state index contributed by atoms with van der Waals surface area (Å²) >= 11 is 0. The molecular weight excluding hydrogens is 128 g/mol. The molecule has 1 aromatic rings. The van der Waals surface area contributed by atoms with E-state index in [0.717, 1.165) is 5.82 Å². The van der Waals surface area contributed by atoms with Gasteiger partial charge in [0.05, 0.1) is 0 Å². The van der Waals surface area contributed by atoms with Crippen molar-refractivity contribution >= 4 is 6.29 Å². The number of hydrogen-bond acceptors (Lipinski definition) is 2. The molecule has 0 aromatic carbocycles. The molecule has 0 amide bonds. The third kappa shape index (κ3) is 1.85. The van der Waals surface area contributed by atoms with Crippen molar-refractivity contribution in [3.05, 3.63) is 30.4 Å². The summed E-state index contributed by atoms with van der Waals surface area (Å²) in [5.41, 5.74) is 0. The van der Waals surface area contributed by atoms with Crippen molar-refractivity contribution in [1.82, 2.24) is 9.97 Å². The fraction of sp³-hybridized carbons (Fsp3) is 0.143. The van der Waals surface area contributed by atoms with E-state index in [1.54, 1.807) is 24.8 Å². The van der Waals surface area contributed by atoms with E-state index < -0.39 is 0 Å². The minimum atomic E-state index is 0.655. The van der Waals surface area contributed by atoms with Crippen LogP contribution in [0.4, 0.5) is 0 Å². The molecule has 10 heavy (non-hydrogen) atoms. The molecule has 0 saturated carbocycles. The highest BCUT2D eigenvalue weighted by molar-refractivity contribution is 5.65. The summed E-state index contributed by atoms with van der Waals surface area (Å²) in [6, 6.07) is 0. The second-order valence-corrected chi connectivity index (χ2v) is 1.76. The lowest BCUT2D eigenvalue weighted by Crippen LogP contribution is -1.82. The van der Waals surface area contributed by atoms with Gasteiger partial charge in [-0.3, -0.25) is 4.79 Å². The number of aromatic nitrogens is 2. The fourth-order valence-corrected chi connectivity index (χ4v) is 0.628. The van der Waals surface area contributed by atoms with Gasteiger partial charge < -0.3 is 4.98 Å². The van der Waals surface area contributed by atoms with Gasteiger partial charge in [0.15, 0.2) is 0 Å². The number of aromatic amines is 1. The molecule has 1 rings (SSSR count). The Labute approximate surface area is 58.8 Å². The summed E-state index contributed by atoms with van der Waals surface area (Å²) in [5.74, 6) is 0.853. The number of carbonyl (C=O) groups excluding carboxylic acids is 1. The van der Waals surface area contributed by atoms with Gasteiger partial charge in [0.25, 0.3) is 0 Å². The molecule has 0 spiro atoms. The summed E-state index contributed by atoms with van der Waals surface area (Å²) in [6.07, 6.45) is 8.77. The first-order valence-corrected chi connectivity index (χ1v) is 2.94. The molecule has 0 aliphatic rings. The standard InChI is InChI=1S/C7H7N2O/c10-6-2-1-3-7-8-4-5-9-7/h1-2,4-5H,3H2,(H,8,9). The zero-order chi connectivity index (χ0) is 7.23. The van der Waals surface area contributed by atoms with E-state index in [0.29, 0.717) is 6.42 Å². The van der Waals surface area contributed by atoms with Gasteiger partial charge in [0.2, 0.25) is 6.29 Å². The van der Waals surface area contributed by atoms with Crippen LogP contribution in [0.3, 0.4) is 0 Å². The van der Waals surface area contributed by atoms with Gasteiger partial charge in [0, 0.05) is 18.8 Å². The Morgan fingerprint density at radius 1 is 1.80 bits per heavy atom. The van der Waals surface area contributed by atoms with Crippen LogP contribution in [0.25, 0.3) is 0 Å². The molecular formula is C7H7N2O. The Hall–Kier alpha value is -1.38. The summed E-state index contributed by atoms with van der Waals surface area (Å²) < 4.78 is 0. The molecule has 1 N–H and O–H groups in total. The van der Waals surface area contributed by atoms with Crippen LogP contribution < -0.4 is 0 Å². The van der Waals surface area contributed by atoms with E-state index in [-0.39, 0.29) is 0 Å². The van der Waals surface area contributed by atoms with E-state index in [9.17, 15) is 4.79 Å². The maximum Gasteiger partial charge on any atom is 0.225 e. The van der Waals surface area contributed by atoms with Gasteiger partial charge in [0.1, 0.15) is 5.82 Å². The lowest BCUT2D eigenvalue weighted by Gasteiger charge is -1.83. The highest BCUT2D eigenvalue weighted by Crippen LogP contribution is 1.89. The average Bonchev–Trinajstić information content (AvgIpc) is 2.41. The van der Waals surface area contributed by atoms with Crippen LogP contribution in [0, 0.1) is 0 Å². The summed E-state index contributed by atoms with van der Waals surface area (Å²) in [7, 11) is 0. The minimum Gasteiger partial charge on any atom is -0.348 e. The van der Waals surface area contributed by atoms with E-state index in [1.807, 2.05) is 0 Å². The van der Waals surface area contributed by atoms with Crippen molar-refractivity contribution in [2.24, 2.45) is 0 Å². The van der Waals surface area contributed by atoms with Crippen molar-refractivity contribution in [3.8, 4) is 0 Å². The maximum atomic E-state index is 9.69. The van der Waals surface area contributed by atoms with E-state index in [2.05, 4.69) is 9.97 Å². The fourth-order valence-electron chi connectivity index (χ4n) is 0.628. The van der Waals surface area contributed by atoms with E-state index in [4.69, 9.17) is 0 Å². The van der Waals surface area contributed by atoms with E-state index in [1.165, 1.54) is 6.08 Å². The van der Waals surface area contributed by atoms with Crippen molar-refractivity contribution < 1.29 is 4.79 Å². The van der Waals surface area contributed by atoms with Crippen LogP contribution >= 0.6 is 0 Å². The third-order valence-corrected chi connectivity index (χ3v) is 1.05. The molecule has 0 unspecified atom stereocenters. The van der Waals surface area contributed by atoms with Crippen LogP contribution in [0.2, 0.25) is 0 Å². The molecule has 3 heteroatoms. The number of nitrogens with zero attached hydrogens (tertiary/aromatic N) is 1. The van der Waals surface area contributed by atoms with Crippen molar-refractivity contribution in [2.45, 2.75) is 6.42 Å². The largest absolute Gasteiger partial charge is 0.348 e. The highest BCUT2D eigenvalue weighted by atomic mass is 16.1. The maximum absolute atomic E-state index is 9.69. The quantitative estimate of drug-likeness (QED) is 0.617. The SMILES string of the molecule is O=[C]C=CCc1ncc[nH]1. The number of hydrogen-bond donors (Lipinski definition) is 1. The molecule has 1 heterocycles. The Kier molecular flexibility index (Phi) is 2.43. The molecule has 0 atom stereocenters. The smallest absolute Gasteiger partial charge is 0.225 e. The molecule has 0 saturated heterocycles. The second-order valence-electron chi connectivity index (χ2n) is 1.76. The molecule has 3 nitrogen and oxygen atoms in total. The van der Waals surface area contributed by atoms with Gasteiger partial charge in [-0.2, -0.15) is 0 Å². The first-order chi connectivity index (χ1) is 4.93. The van der Waals surface area contributed by atoms with Gasteiger partial charge in [-0.05, 0) is 6.08 Å². The molecule has 1 radical (unpaired) electrons. The third-order valence-electron chi connectivity index (χ3n) is 1.05. The predicted octanol–water partition coefficient (Wildman–Crippen LogP) is 0.618. The number of imidazole rings is 1. The van der Waals surface area contributed by atoms with Crippen molar-refractivity contribution in [2.75, 3.05) is 0 Å². The van der Waals surface area contributed by atoms with Crippen molar-refractivity contribution in [3.63, 3.8) is 0 Å². The summed E-state index contributed by atoms with van der Waals surface area (Å²) in [5, 5.41) is 0. The number of allylic oxidation sites excluding steroid dienone is 2. The monoisotopic (exact) mass is 135 g/mol. The molecule has 1 aromatic heterocycles. The van der Waals surface area contributed by atoms with Gasteiger partial charge in [-0.15, -0.1) is 0 Å². The molecule has 0 fully saturated rings. The second kappa shape index (κ2) is 3.61. The Morgan fingerprint density at radius 3 is 3.30 bits per heavy atom. The van der Waals surface area contributed by atoms with Crippen LogP contribution in [-0.4, -0.2) is 16.3 Å². The summed E-state index contributed by atoms with van der Waals surface area (Å²) in [6.45, 7) is 0. The number of H-pyrrole nitrogens is 1. The van der Waals surface area contributed by atoms with Gasteiger partial charge >= 0.3 is 0 Å². The lowest BCUT2D eigenvalue weighted by molar-refractivity contribution is 0.564. The number of nitrogens with one attached hydrogen (secondary N) is 1. The molecule has 51 valence electrons.